The highest BCUT2D eigenvalue weighted by molar-refractivity contribution is 6.32. The predicted octanol–water partition coefficient (Wildman–Crippen LogP) is 1.54. The van der Waals surface area contributed by atoms with Gasteiger partial charge < -0.3 is 5.32 Å². The molecule has 16 heavy (non-hydrogen) atoms. The smallest absolute Gasteiger partial charge is 0.288 e. The zero-order valence-corrected chi connectivity index (χ0v) is 8.90. The van der Waals surface area contributed by atoms with E-state index in [-0.39, 0.29) is 22.4 Å². The van der Waals surface area contributed by atoms with Crippen LogP contribution in [0, 0.1) is 10.1 Å². The molecule has 1 aliphatic rings. The molecule has 0 bridgehead atoms. The first-order valence-electron chi connectivity index (χ1n) is 4.68. The summed E-state index contributed by atoms with van der Waals surface area (Å²) in [6.45, 7) is 0. The van der Waals surface area contributed by atoms with Crippen LogP contribution < -0.4 is 5.32 Å². The van der Waals surface area contributed by atoms with Crippen molar-refractivity contribution in [2.24, 2.45) is 0 Å². The number of hydrogen-bond acceptors (Lipinski definition) is 4. The summed E-state index contributed by atoms with van der Waals surface area (Å²) in [6.07, 6.45) is 2.90. The van der Waals surface area contributed by atoms with Crippen molar-refractivity contribution in [3.05, 3.63) is 33.1 Å². The molecule has 0 radical (unpaired) electrons. The number of pyridine rings is 1. The maximum Gasteiger partial charge on any atom is 0.288 e. The van der Waals surface area contributed by atoms with E-state index in [2.05, 4.69) is 10.3 Å². The fourth-order valence-electron chi connectivity index (χ4n) is 1.19. The molecule has 1 N–H and O–H groups in total. The van der Waals surface area contributed by atoms with E-state index in [0.717, 1.165) is 25.1 Å². The van der Waals surface area contributed by atoms with Gasteiger partial charge in [0.1, 0.15) is 11.3 Å². The van der Waals surface area contributed by atoms with E-state index in [1.807, 2.05) is 0 Å². The molecular weight excluding hydrogens is 234 g/mol. The summed E-state index contributed by atoms with van der Waals surface area (Å²) in [5.41, 5.74) is -0.201. The minimum atomic E-state index is -0.614. The molecule has 84 valence electrons. The first-order chi connectivity index (χ1) is 7.58. The molecule has 1 aromatic heterocycles. The molecule has 6 nitrogen and oxygen atoms in total. The summed E-state index contributed by atoms with van der Waals surface area (Å²) >= 11 is 5.71. The van der Waals surface area contributed by atoms with Crippen molar-refractivity contribution in [3.8, 4) is 0 Å². The van der Waals surface area contributed by atoms with Gasteiger partial charge in [-0.05, 0) is 12.8 Å². The van der Waals surface area contributed by atoms with Crippen LogP contribution in [-0.2, 0) is 0 Å². The van der Waals surface area contributed by atoms with E-state index < -0.39 is 10.8 Å². The van der Waals surface area contributed by atoms with E-state index in [1.54, 1.807) is 0 Å². The van der Waals surface area contributed by atoms with Crippen LogP contribution in [0.1, 0.15) is 23.2 Å². The summed E-state index contributed by atoms with van der Waals surface area (Å²) in [4.78, 5) is 25.1. The second-order valence-electron chi connectivity index (χ2n) is 3.54. The number of halogens is 1. The van der Waals surface area contributed by atoms with Gasteiger partial charge in [0.25, 0.3) is 11.6 Å². The maximum absolute atomic E-state index is 11.6. The fourth-order valence-corrected chi connectivity index (χ4v) is 1.38. The largest absolute Gasteiger partial charge is 0.349 e. The van der Waals surface area contributed by atoms with Crippen LogP contribution in [0.4, 0.5) is 5.69 Å². The van der Waals surface area contributed by atoms with Gasteiger partial charge >= 0.3 is 0 Å². The number of rotatable bonds is 3. The van der Waals surface area contributed by atoms with Gasteiger partial charge in [-0.3, -0.25) is 14.9 Å². The van der Waals surface area contributed by atoms with Crippen LogP contribution in [0.25, 0.3) is 0 Å². The summed E-state index contributed by atoms with van der Waals surface area (Å²) in [6, 6.07) is 1.30. The lowest BCUT2D eigenvalue weighted by atomic mass is 10.2. The number of nitrogens with zero attached hydrogens (tertiary/aromatic N) is 2. The van der Waals surface area contributed by atoms with E-state index in [0.29, 0.717) is 0 Å². The predicted molar refractivity (Wildman–Crippen MR) is 56.4 cm³/mol. The van der Waals surface area contributed by atoms with Crippen LogP contribution in [-0.4, -0.2) is 21.9 Å². The van der Waals surface area contributed by atoms with Crippen molar-refractivity contribution in [3.63, 3.8) is 0 Å². The number of hydrogen-bond donors (Lipinski definition) is 1. The van der Waals surface area contributed by atoms with Crippen molar-refractivity contribution < 1.29 is 9.72 Å². The number of nitrogens with one attached hydrogen (secondary N) is 1. The Morgan fingerprint density at radius 2 is 2.31 bits per heavy atom. The molecule has 1 heterocycles. The topological polar surface area (TPSA) is 85.1 Å². The molecule has 0 atom stereocenters. The molecule has 0 spiro atoms. The Hall–Kier alpha value is -1.69. The Balaban J connectivity index is 2.26. The molecule has 1 fully saturated rings. The van der Waals surface area contributed by atoms with Gasteiger partial charge in [0.15, 0.2) is 0 Å². The Kier molecular flexibility index (Phi) is 2.74. The normalized spacial score (nSPS) is 14.6. The van der Waals surface area contributed by atoms with E-state index in [9.17, 15) is 14.9 Å². The second kappa shape index (κ2) is 4.05. The second-order valence-corrected chi connectivity index (χ2v) is 3.89. The molecule has 1 aliphatic carbocycles. The Morgan fingerprint density at radius 3 is 2.88 bits per heavy atom. The molecule has 0 unspecified atom stereocenters. The number of carbonyl (C=O) groups excluding carboxylic acids is 1. The summed E-state index contributed by atoms with van der Waals surface area (Å²) in [5, 5.41) is 13.2. The van der Waals surface area contributed by atoms with E-state index in [1.165, 1.54) is 0 Å². The molecule has 1 amide bonds. The fraction of sp³-hybridized carbons (Fsp3) is 0.333. The summed E-state index contributed by atoms with van der Waals surface area (Å²) in [7, 11) is 0. The van der Waals surface area contributed by atoms with Crippen molar-refractivity contribution in [1.29, 1.82) is 0 Å². The molecule has 7 heteroatoms. The van der Waals surface area contributed by atoms with Crippen molar-refractivity contribution in [2.75, 3.05) is 0 Å². The van der Waals surface area contributed by atoms with Gasteiger partial charge in [-0.25, -0.2) is 4.98 Å². The number of amides is 1. The van der Waals surface area contributed by atoms with Crippen LogP contribution >= 0.6 is 11.6 Å². The average molecular weight is 242 g/mol. The van der Waals surface area contributed by atoms with Crippen molar-refractivity contribution in [2.45, 2.75) is 18.9 Å². The van der Waals surface area contributed by atoms with Gasteiger partial charge in [-0.15, -0.1) is 0 Å². The third-order valence-corrected chi connectivity index (χ3v) is 2.49. The lowest BCUT2D eigenvalue weighted by Gasteiger charge is -2.04. The molecule has 1 saturated carbocycles. The zero-order valence-electron chi connectivity index (χ0n) is 8.14. The molecule has 0 saturated heterocycles. The van der Waals surface area contributed by atoms with Crippen molar-refractivity contribution >= 4 is 23.2 Å². The SMILES string of the molecule is O=C(NC1CC1)c1cc([N+](=O)[O-])cnc1Cl. The molecule has 0 aromatic carbocycles. The summed E-state index contributed by atoms with van der Waals surface area (Å²) in [5.74, 6) is -0.413. The lowest BCUT2D eigenvalue weighted by Crippen LogP contribution is -2.25. The summed E-state index contributed by atoms with van der Waals surface area (Å²) < 4.78 is 0. The number of aromatic nitrogens is 1. The van der Waals surface area contributed by atoms with Crippen LogP contribution in [0.2, 0.25) is 5.15 Å². The molecule has 2 rings (SSSR count). The standard InChI is InChI=1S/C9H8ClN3O3/c10-8-7(9(14)12-5-1-2-5)3-6(4-11-8)13(15)16/h3-5H,1-2H2,(H,12,14). The van der Waals surface area contributed by atoms with E-state index >= 15 is 0 Å². The average Bonchev–Trinajstić information content (AvgIpc) is 3.01. The third-order valence-electron chi connectivity index (χ3n) is 2.19. The highest BCUT2D eigenvalue weighted by Crippen LogP contribution is 2.22. The minimum Gasteiger partial charge on any atom is -0.349 e. The monoisotopic (exact) mass is 241 g/mol. The van der Waals surface area contributed by atoms with Gasteiger partial charge in [0.2, 0.25) is 0 Å². The Morgan fingerprint density at radius 1 is 1.62 bits per heavy atom. The Bertz CT molecular complexity index is 459. The van der Waals surface area contributed by atoms with Gasteiger partial charge in [-0.2, -0.15) is 0 Å². The Labute approximate surface area is 95.8 Å². The van der Waals surface area contributed by atoms with Crippen LogP contribution in [0.3, 0.4) is 0 Å². The maximum atomic E-state index is 11.6. The van der Waals surface area contributed by atoms with Gasteiger partial charge in [0, 0.05) is 12.1 Å². The van der Waals surface area contributed by atoms with Crippen LogP contribution in [0.5, 0.6) is 0 Å². The van der Waals surface area contributed by atoms with E-state index in [4.69, 9.17) is 11.6 Å². The quantitative estimate of drug-likeness (QED) is 0.494. The minimum absolute atomic E-state index is 0.0243. The highest BCUT2D eigenvalue weighted by atomic mass is 35.5. The molecular formula is C9H8ClN3O3. The third kappa shape index (κ3) is 2.27. The van der Waals surface area contributed by atoms with Gasteiger partial charge in [-0.1, -0.05) is 11.6 Å². The first-order valence-corrected chi connectivity index (χ1v) is 5.06. The first kappa shape index (κ1) is 10.8. The van der Waals surface area contributed by atoms with Gasteiger partial charge in [0.05, 0.1) is 10.5 Å². The highest BCUT2D eigenvalue weighted by Gasteiger charge is 2.26. The number of carbonyl (C=O) groups is 1. The zero-order chi connectivity index (χ0) is 11.7. The molecule has 0 aliphatic heterocycles. The molecule has 1 aromatic rings. The van der Waals surface area contributed by atoms with Crippen molar-refractivity contribution in [1.82, 2.24) is 10.3 Å². The van der Waals surface area contributed by atoms with Crippen LogP contribution in [0.15, 0.2) is 12.3 Å². The lowest BCUT2D eigenvalue weighted by molar-refractivity contribution is -0.385. The number of nitro groups is 1.